The van der Waals surface area contributed by atoms with E-state index in [1.54, 1.807) is 6.33 Å². The standard InChI is InChI=1S/C15H20N6/c1-4-12-13(8-16)15(20-19-14(12)5-2)18-7-6-11-9-17-10-21(11)3/h9-10H,4-7H2,1-3H3,(H,18,20). The summed E-state index contributed by atoms with van der Waals surface area (Å²) in [5.41, 5.74) is 3.66. The van der Waals surface area contributed by atoms with Crippen LogP contribution in [0.15, 0.2) is 12.5 Å². The number of nitriles is 1. The summed E-state index contributed by atoms with van der Waals surface area (Å²) in [4.78, 5) is 4.09. The molecule has 6 heteroatoms. The molecule has 0 amide bonds. The van der Waals surface area contributed by atoms with Crippen molar-refractivity contribution in [3.63, 3.8) is 0 Å². The van der Waals surface area contributed by atoms with Crippen molar-refractivity contribution in [2.75, 3.05) is 11.9 Å². The molecule has 0 unspecified atom stereocenters. The van der Waals surface area contributed by atoms with Gasteiger partial charge in [0.25, 0.3) is 0 Å². The fourth-order valence-electron chi connectivity index (χ4n) is 2.35. The Hall–Kier alpha value is -2.42. The first-order valence-corrected chi connectivity index (χ1v) is 7.18. The molecule has 0 saturated heterocycles. The summed E-state index contributed by atoms with van der Waals surface area (Å²) in [6.07, 6.45) is 6.02. The second-order valence-corrected chi connectivity index (χ2v) is 4.84. The van der Waals surface area contributed by atoms with Crippen molar-refractivity contribution in [2.24, 2.45) is 7.05 Å². The second kappa shape index (κ2) is 6.84. The van der Waals surface area contributed by atoms with Crippen LogP contribution in [0.1, 0.15) is 36.4 Å². The van der Waals surface area contributed by atoms with Gasteiger partial charge in [0.05, 0.1) is 12.0 Å². The molecule has 0 aromatic carbocycles. The molecule has 0 spiro atoms. The van der Waals surface area contributed by atoms with Gasteiger partial charge in [0, 0.05) is 31.9 Å². The van der Waals surface area contributed by atoms with Crippen LogP contribution in [0, 0.1) is 11.3 Å². The predicted molar refractivity (Wildman–Crippen MR) is 80.9 cm³/mol. The zero-order valence-corrected chi connectivity index (χ0v) is 12.7. The summed E-state index contributed by atoms with van der Waals surface area (Å²) in [5, 5.41) is 21.0. The Morgan fingerprint density at radius 3 is 2.67 bits per heavy atom. The van der Waals surface area contributed by atoms with Crippen molar-refractivity contribution in [1.29, 1.82) is 5.26 Å². The van der Waals surface area contributed by atoms with Crippen LogP contribution in [0.2, 0.25) is 0 Å². The van der Waals surface area contributed by atoms with Gasteiger partial charge in [-0.2, -0.15) is 10.4 Å². The quantitative estimate of drug-likeness (QED) is 0.876. The predicted octanol–water partition coefficient (Wildman–Crippen LogP) is 1.86. The normalized spacial score (nSPS) is 10.4. The largest absolute Gasteiger partial charge is 0.367 e. The van der Waals surface area contributed by atoms with E-state index in [1.165, 1.54) is 0 Å². The first kappa shape index (κ1) is 15.0. The number of nitrogens with one attached hydrogen (secondary N) is 1. The van der Waals surface area contributed by atoms with Crippen molar-refractivity contribution < 1.29 is 0 Å². The van der Waals surface area contributed by atoms with E-state index < -0.39 is 0 Å². The summed E-state index contributed by atoms with van der Waals surface area (Å²) in [6, 6.07) is 2.26. The van der Waals surface area contributed by atoms with Gasteiger partial charge in [0.2, 0.25) is 0 Å². The van der Waals surface area contributed by atoms with E-state index in [9.17, 15) is 5.26 Å². The summed E-state index contributed by atoms with van der Waals surface area (Å²) in [5.74, 6) is 0.578. The SMILES string of the molecule is CCc1nnc(NCCc2cncn2C)c(C#N)c1CC. The number of aryl methyl sites for hydroxylation is 2. The van der Waals surface area contributed by atoms with Gasteiger partial charge in [-0.15, -0.1) is 5.10 Å². The molecule has 6 nitrogen and oxygen atoms in total. The number of rotatable bonds is 6. The van der Waals surface area contributed by atoms with E-state index in [0.717, 1.165) is 36.2 Å². The van der Waals surface area contributed by atoms with E-state index >= 15 is 0 Å². The molecule has 110 valence electrons. The van der Waals surface area contributed by atoms with Gasteiger partial charge in [0.1, 0.15) is 11.6 Å². The lowest BCUT2D eigenvalue weighted by molar-refractivity contribution is 0.809. The van der Waals surface area contributed by atoms with Gasteiger partial charge in [-0.3, -0.25) is 0 Å². The highest BCUT2D eigenvalue weighted by Crippen LogP contribution is 2.19. The Morgan fingerprint density at radius 2 is 2.10 bits per heavy atom. The number of anilines is 1. The molecule has 0 aliphatic rings. The Morgan fingerprint density at radius 1 is 1.29 bits per heavy atom. The molecule has 0 saturated carbocycles. The molecule has 1 N–H and O–H groups in total. The van der Waals surface area contributed by atoms with E-state index in [-0.39, 0.29) is 0 Å². The first-order valence-electron chi connectivity index (χ1n) is 7.18. The summed E-state index contributed by atoms with van der Waals surface area (Å²) in [7, 11) is 1.97. The van der Waals surface area contributed by atoms with Gasteiger partial charge in [-0.05, 0) is 18.4 Å². The topological polar surface area (TPSA) is 79.4 Å². The van der Waals surface area contributed by atoms with Crippen LogP contribution >= 0.6 is 0 Å². The average Bonchev–Trinajstić information content (AvgIpc) is 2.91. The smallest absolute Gasteiger partial charge is 0.166 e. The van der Waals surface area contributed by atoms with E-state index in [0.29, 0.717) is 17.9 Å². The Balaban J connectivity index is 2.13. The Kier molecular flexibility index (Phi) is 4.88. The minimum atomic E-state index is 0.578. The van der Waals surface area contributed by atoms with Crippen LogP contribution in [-0.4, -0.2) is 26.3 Å². The minimum absolute atomic E-state index is 0.578. The summed E-state index contributed by atoms with van der Waals surface area (Å²) >= 11 is 0. The molecule has 0 atom stereocenters. The third-order valence-corrected chi connectivity index (χ3v) is 3.55. The molecule has 0 aliphatic heterocycles. The molecular formula is C15H20N6. The van der Waals surface area contributed by atoms with Crippen molar-refractivity contribution in [2.45, 2.75) is 33.1 Å². The van der Waals surface area contributed by atoms with Gasteiger partial charge >= 0.3 is 0 Å². The lowest BCUT2D eigenvalue weighted by atomic mass is 10.0. The van der Waals surface area contributed by atoms with Gasteiger partial charge < -0.3 is 9.88 Å². The zero-order valence-electron chi connectivity index (χ0n) is 12.7. The fourth-order valence-corrected chi connectivity index (χ4v) is 2.35. The van der Waals surface area contributed by atoms with Gasteiger partial charge in [-0.25, -0.2) is 4.98 Å². The van der Waals surface area contributed by atoms with E-state index in [2.05, 4.69) is 26.6 Å². The Bertz CT molecular complexity index is 653. The molecule has 2 rings (SSSR count). The second-order valence-electron chi connectivity index (χ2n) is 4.84. The van der Waals surface area contributed by atoms with Crippen LogP contribution in [0.5, 0.6) is 0 Å². The number of imidazole rings is 1. The fraction of sp³-hybridized carbons (Fsp3) is 0.467. The molecule has 2 aromatic heterocycles. The molecule has 21 heavy (non-hydrogen) atoms. The van der Waals surface area contributed by atoms with Crippen LogP contribution in [0.4, 0.5) is 5.82 Å². The average molecular weight is 284 g/mol. The van der Waals surface area contributed by atoms with Crippen LogP contribution in [0.3, 0.4) is 0 Å². The minimum Gasteiger partial charge on any atom is -0.367 e. The van der Waals surface area contributed by atoms with Crippen molar-refractivity contribution in [1.82, 2.24) is 19.7 Å². The molecule has 2 aromatic rings. The van der Waals surface area contributed by atoms with E-state index in [4.69, 9.17) is 0 Å². The lowest BCUT2D eigenvalue weighted by Gasteiger charge is -2.12. The third-order valence-electron chi connectivity index (χ3n) is 3.55. The summed E-state index contributed by atoms with van der Waals surface area (Å²) < 4.78 is 1.98. The highest BCUT2D eigenvalue weighted by Gasteiger charge is 2.13. The monoisotopic (exact) mass is 284 g/mol. The van der Waals surface area contributed by atoms with Crippen LogP contribution < -0.4 is 5.32 Å². The maximum atomic E-state index is 9.41. The number of hydrogen-bond acceptors (Lipinski definition) is 5. The van der Waals surface area contributed by atoms with Crippen LogP contribution in [0.25, 0.3) is 0 Å². The van der Waals surface area contributed by atoms with Crippen molar-refractivity contribution in [3.8, 4) is 6.07 Å². The molecule has 0 aliphatic carbocycles. The molecular weight excluding hydrogens is 264 g/mol. The third kappa shape index (κ3) is 3.19. The molecule has 0 bridgehead atoms. The Labute approximate surface area is 124 Å². The first-order chi connectivity index (χ1) is 10.2. The highest BCUT2D eigenvalue weighted by atomic mass is 15.2. The summed E-state index contributed by atoms with van der Waals surface area (Å²) in [6.45, 7) is 4.76. The number of hydrogen-bond donors (Lipinski definition) is 1. The van der Waals surface area contributed by atoms with Crippen LogP contribution in [-0.2, 0) is 26.3 Å². The van der Waals surface area contributed by atoms with Crippen molar-refractivity contribution in [3.05, 3.63) is 35.0 Å². The maximum absolute atomic E-state index is 9.41. The molecule has 2 heterocycles. The van der Waals surface area contributed by atoms with E-state index in [1.807, 2.05) is 31.7 Å². The molecule has 0 radical (unpaired) electrons. The maximum Gasteiger partial charge on any atom is 0.166 e. The zero-order chi connectivity index (χ0) is 15.2. The van der Waals surface area contributed by atoms with Gasteiger partial charge in [0.15, 0.2) is 5.82 Å². The highest BCUT2D eigenvalue weighted by molar-refractivity contribution is 5.56. The number of nitrogens with zero attached hydrogens (tertiary/aromatic N) is 5. The number of aromatic nitrogens is 4. The molecule has 0 fully saturated rings. The lowest BCUT2D eigenvalue weighted by Crippen LogP contribution is -2.13. The van der Waals surface area contributed by atoms with Gasteiger partial charge in [-0.1, -0.05) is 13.8 Å². The van der Waals surface area contributed by atoms with Crippen molar-refractivity contribution >= 4 is 5.82 Å².